The van der Waals surface area contributed by atoms with E-state index in [0.29, 0.717) is 38.7 Å². The van der Waals surface area contributed by atoms with Gasteiger partial charge in [-0.1, -0.05) is 86.1 Å². The van der Waals surface area contributed by atoms with Gasteiger partial charge in [0.1, 0.15) is 23.7 Å². The lowest BCUT2D eigenvalue weighted by Gasteiger charge is -2.40. The van der Waals surface area contributed by atoms with Crippen LogP contribution in [0.3, 0.4) is 0 Å². The molecule has 1 fully saturated rings. The standard InChI is InChI=1S/C48H64N10O7/c1-3-4-16-42(60)58-48(23-21-34(22-24-48)33-19-17-32(18-20-33)30-65-2)46(64)57-39(26-31-11-6-5-7-12-31)45(63)55-38(15-10-25-52-47(50)51)44(62)56-40(43(61)54-29-41(49)59)27-35-28-53-37-14-9-8-13-36(35)37/h5-9,11-14,17-20,28,34,38-40,53H,3-4,10,15-16,21-27,29-30H2,1-2H3,(H2,49,59)(H,54,61)(H,55,63)(H,56,62)(H,57,64)(H,58,60)(H4,50,51,52)/t34?,38-,39+,40-,48?/m0/s1. The van der Waals surface area contributed by atoms with E-state index in [1.807, 2.05) is 73.7 Å². The number of aromatic nitrogens is 1. The normalized spacial score (nSPS) is 17.2. The fraction of sp³-hybridized carbons (Fsp3) is 0.438. The van der Waals surface area contributed by atoms with Gasteiger partial charge >= 0.3 is 0 Å². The van der Waals surface area contributed by atoms with Gasteiger partial charge in [-0.2, -0.15) is 0 Å². The number of amides is 6. The minimum Gasteiger partial charge on any atom is -0.380 e. The minimum atomic E-state index is -1.29. The molecule has 17 heteroatoms. The van der Waals surface area contributed by atoms with E-state index in [1.54, 1.807) is 13.3 Å². The maximum Gasteiger partial charge on any atom is 0.246 e. The Hall–Kier alpha value is -6.75. The van der Waals surface area contributed by atoms with E-state index in [9.17, 15) is 28.8 Å². The van der Waals surface area contributed by atoms with E-state index in [2.05, 4.69) is 48.7 Å². The number of hydrogen-bond acceptors (Lipinski definition) is 8. The molecular formula is C48H64N10O7. The molecule has 5 rings (SSSR count). The summed E-state index contributed by atoms with van der Waals surface area (Å²) in [5, 5.41) is 15.1. The van der Waals surface area contributed by atoms with Crippen molar-refractivity contribution in [1.29, 1.82) is 0 Å². The average molecular weight is 893 g/mol. The lowest BCUT2D eigenvalue weighted by atomic mass is 9.73. The number of benzene rings is 3. The van der Waals surface area contributed by atoms with Crippen molar-refractivity contribution < 1.29 is 33.5 Å². The zero-order valence-electron chi connectivity index (χ0n) is 37.3. The summed E-state index contributed by atoms with van der Waals surface area (Å²) in [6.07, 6.45) is 5.77. The van der Waals surface area contributed by atoms with E-state index >= 15 is 0 Å². The summed E-state index contributed by atoms with van der Waals surface area (Å²) >= 11 is 0. The number of hydrogen-bond donors (Lipinski definition) is 9. The second kappa shape index (κ2) is 24.4. The third-order valence-electron chi connectivity index (χ3n) is 11.8. The molecule has 1 aliphatic carbocycles. The molecule has 4 aromatic rings. The van der Waals surface area contributed by atoms with Crippen LogP contribution in [0.4, 0.5) is 0 Å². The van der Waals surface area contributed by atoms with Gasteiger partial charge < -0.3 is 53.5 Å². The summed E-state index contributed by atoms with van der Waals surface area (Å²) < 4.78 is 5.27. The number of primary amides is 1. The first-order valence-electron chi connectivity index (χ1n) is 22.3. The molecule has 1 saturated carbocycles. The van der Waals surface area contributed by atoms with Crippen LogP contribution >= 0.6 is 0 Å². The number of nitrogens with one attached hydrogen (secondary N) is 6. The maximum atomic E-state index is 14.7. The Morgan fingerprint density at radius 2 is 1.45 bits per heavy atom. The van der Waals surface area contributed by atoms with Crippen molar-refractivity contribution in [3.05, 3.63) is 107 Å². The number of carbonyl (C=O) groups excluding carboxylic acids is 6. The molecule has 17 nitrogen and oxygen atoms in total. The summed E-state index contributed by atoms with van der Waals surface area (Å²) in [7, 11) is 1.65. The quantitative estimate of drug-likeness (QED) is 0.0284. The zero-order chi connectivity index (χ0) is 46.8. The number of nitrogens with zero attached hydrogens (tertiary/aromatic N) is 1. The van der Waals surface area contributed by atoms with Crippen LogP contribution in [0.2, 0.25) is 0 Å². The molecule has 12 N–H and O–H groups in total. The predicted octanol–water partition coefficient (Wildman–Crippen LogP) is 2.61. The van der Waals surface area contributed by atoms with Crippen LogP contribution in [0, 0.1) is 0 Å². The lowest BCUT2D eigenvalue weighted by Crippen LogP contribution is -2.64. The molecule has 3 atom stereocenters. The minimum absolute atomic E-state index is 0.0355. The second-order valence-electron chi connectivity index (χ2n) is 16.7. The van der Waals surface area contributed by atoms with Crippen LogP contribution in [0.1, 0.15) is 92.9 Å². The summed E-state index contributed by atoms with van der Waals surface area (Å²) in [6, 6.07) is 21.2. The molecule has 0 spiro atoms. The van der Waals surface area contributed by atoms with Gasteiger partial charge in [0.25, 0.3) is 0 Å². The average Bonchev–Trinajstić information content (AvgIpc) is 3.71. The molecule has 6 amide bonds. The predicted molar refractivity (Wildman–Crippen MR) is 249 cm³/mol. The lowest BCUT2D eigenvalue weighted by molar-refractivity contribution is -0.138. The molecule has 0 aliphatic heterocycles. The topological polar surface area (TPSA) is 278 Å². The zero-order valence-corrected chi connectivity index (χ0v) is 37.3. The molecule has 0 radical (unpaired) electrons. The first kappa shape index (κ1) is 49.3. The number of para-hydroxylation sites is 1. The highest BCUT2D eigenvalue weighted by atomic mass is 16.5. The van der Waals surface area contributed by atoms with Crippen molar-refractivity contribution in [2.24, 2.45) is 22.2 Å². The summed E-state index contributed by atoms with van der Waals surface area (Å²) in [6.45, 7) is 2.17. The van der Waals surface area contributed by atoms with Crippen LogP contribution in [0.15, 0.2) is 90.1 Å². The van der Waals surface area contributed by atoms with Gasteiger partial charge in [-0.25, -0.2) is 0 Å². The van der Waals surface area contributed by atoms with Crippen molar-refractivity contribution in [1.82, 2.24) is 31.6 Å². The van der Waals surface area contributed by atoms with Gasteiger partial charge in [0.15, 0.2) is 5.96 Å². The second-order valence-corrected chi connectivity index (χ2v) is 16.7. The highest BCUT2D eigenvalue weighted by Crippen LogP contribution is 2.39. The third kappa shape index (κ3) is 14.6. The Morgan fingerprint density at radius 1 is 0.785 bits per heavy atom. The highest BCUT2D eigenvalue weighted by molar-refractivity contribution is 5.98. The fourth-order valence-electron chi connectivity index (χ4n) is 8.27. The number of unbranched alkanes of at least 4 members (excludes halogenated alkanes) is 1. The highest BCUT2D eigenvalue weighted by Gasteiger charge is 2.44. The number of rotatable bonds is 24. The van der Waals surface area contributed by atoms with Gasteiger partial charge in [-0.15, -0.1) is 0 Å². The smallest absolute Gasteiger partial charge is 0.246 e. The van der Waals surface area contributed by atoms with E-state index < -0.39 is 59.7 Å². The van der Waals surface area contributed by atoms with Crippen LogP contribution in [0.5, 0.6) is 0 Å². The molecule has 348 valence electrons. The van der Waals surface area contributed by atoms with Gasteiger partial charge in [0, 0.05) is 50.0 Å². The molecule has 3 aromatic carbocycles. The number of carbonyl (C=O) groups is 6. The SMILES string of the molecule is CCCCC(=O)NC1(C(=O)N[C@H](Cc2ccccc2)C(=O)N[C@@H](CCCN=C(N)N)C(=O)N[C@@H](Cc2c[nH]c3ccccc23)C(=O)NCC(N)=O)CCC(c2ccc(COC)cc2)CC1. The first-order chi connectivity index (χ1) is 31.3. The van der Waals surface area contributed by atoms with Crippen molar-refractivity contribution in [2.45, 2.75) is 114 Å². The Balaban J connectivity index is 1.41. The summed E-state index contributed by atoms with van der Waals surface area (Å²) in [4.78, 5) is 89.5. The molecule has 0 unspecified atom stereocenters. The van der Waals surface area contributed by atoms with Crippen molar-refractivity contribution >= 4 is 52.3 Å². The molecule has 1 aromatic heterocycles. The largest absolute Gasteiger partial charge is 0.380 e. The summed E-state index contributed by atoms with van der Waals surface area (Å²) in [5.41, 5.74) is 19.7. The number of methoxy groups -OCH3 is 1. The van der Waals surface area contributed by atoms with Gasteiger partial charge in [-0.05, 0) is 79.2 Å². The van der Waals surface area contributed by atoms with E-state index in [4.69, 9.17) is 21.9 Å². The maximum absolute atomic E-state index is 14.7. The van der Waals surface area contributed by atoms with Crippen LogP contribution < -0.4 is 43.8 Å². The monoisotopic (exact) mass is 892 g/mol. The van der Waals surface area contributed by atoms with Gasteiger partial charge in [0.2, 0.25) is 35.4 Å². The summed E-state index contributed by atoms with van der Waals surface area (Å²) in [5.74, 6) is -3.51. The Kier molecular flexibility index (Phi) is 18.5. The van der Waals surface area contributed by atoms with E-state index in [-0.39, 0.29) is 56.4 Å². The molecule has 65 heavy (non-hydrogen) atoms. The number of H-pyrrole nitrogens is 1. The Labute approximate surface area is 379 Å². The van der Waals surface area contributed by atoms with Crippen LogP contribution in [-0.4, -0.2) is 90.3 Å². The number of ether oxygens (including phenoxy) is 1. The molecule has 1 heterocycles. The number of fused-ring (bicyclic) bond motifs is 1. The van der Waals surface area contributed by atoms with Crippen molar-refractivity contribution in [3.63, 3.8) is 0 Å². The number of aromatic amines is 1. The van der Waals surface area contributed by atoms with E-state index in [1.165, 1.54) is 0 Å². The fourth-order valence-corrected chi connectivity index (χ4v) is 8.27. The number of aliphatic imine (C=N–C) groups is 1. The third-order valence-corrected chi connectivity index (χ3v) is 11.8. The van der Waals surface area contributed by atoms with Gasteiger partial charge in [0.05, 0.1) is 13.2 Å². The van der Waals surface area contributed by atoms with Crippen molar-refractivity contribution in [3.8, 4) is 0 Å². The Bertz CT molecular complexity index is 2250. The van der Waals surface area contributed by atoms with Gasteiger partial charge in [-0.3, -0.25) is 33.8 Å². The number of guanidine groups is 1. The van der Waals surface area contributed by atoms with E-state index in [0.717, 1.165) is 39.6 Å². The Morgan fingerprint density at radius 3 is 2.12 bits per heavy atom. The van der Waals surface area contributed by atoms with Crippen LogP contribution in [0.25, 0.3) is 10.9 Å². The number of nitrogens with two attached hydrogens (primary N) is 3. The molecular weight excluding hydrogens is 829 g/mol. The molecule has 0 bridgehead atoms. The first-order valence-corrected chi connectivity index (χ1v) is 22.3. The van der Waals surface area contributed by atoms with Crippen LogP contribution in [-0.2, 0) is 53.0 Å². The van der Waals surface area contributed by atoms with Crippen molar-refractivity contribution in [2.75, 3.05) is 20.2 Å². The molecule has 0 saturated heterocycles. The molecule has 1 aliphatic rings.